The lowest BCUT2D eigenvalue weighted by Crippen LogP contribution is -2.35. The third-order valence-corrected chi connectivity index (χ3v) is 7.12. The van der Waals surface area contributed by atoms with Crippen LogP contribution in [0.15, 0.2) is 47.7 Å². The van der Waals surface area contributed by atoms with Crippen molar-refractivity contribution in [2.24, 2.45) is 5.41 Å². The van der Waals surface area contributed by atoms with Crippen molar-refractivity contribution >= 4 is 23.3 Å². The quantitative estimate of drug-likeness (QED) is 0.268. The Morgan fingerprint density at radius 2 is 1.82 bits per heavy atom. The standard InChI is InChI=1S/C19H18N6O3.C11H19NO2.C2H6/c1-11(2)28-17-7-16-20-8-15(25(16)9-21-17)19(26)23-14-6-13(5-4-12(14)3)18-22-10-27-24-18;1-10(2,3)14-9(13)12-7-6-11(8-12)4-5-11;1-2/h4-11H,1-3H3,(H,23,26);4-8H2,1-3H3;1-2H3. The summed E-state index contributed by atoms with van der Waals surface area (Å²) in [5.74, 6) is 0.607. The first kappa shape index (κ1) is 32.4. The number of aromatic nitrogens is 5. The zero-order valence-electron chi connectivity index (χ0n) is 26.9. The predicted molar refractivity (Wildman–Crippen MR) is 167 cm³/mol. The normalized spacial score (nSPS) is 14.9. The van der Waals surface area contributed by atoms with Crippen LogP contribution in [-0.2, 0) is 4.74 Å². The van der Waals surface area contributed by atoms with Crippen LogP contribution in [0.3, 0.4) is 0 Å². The van der Waals surface area contributed by atoms with E-state index in [1.807, 2.05) is 72.4 Å². The zero-order valence-corrected chi connectivity index (χ0v) is 26.9. The summed E-state index contributed by atoms with van der Waals surface area (Å²) in [5, 5.41) is 6.73. The topological polar surface area (TPSA) is 137 Å². The van der Waals surface area contributed by atoms with Gasteiger partial charge in [0.05, 0.1) is 12.3 Å². The number of rotatable bonds is 5. The van der Waals surface area contributed by atoms with Gasteiger partial charge in [-0.3, -0.25) is 9.20 Å². The first-order chi connectivity index (χ1) is 20.9. The number of nitrogens with one attached hydrogen (secondary N) is 1. The minimum absolute atomic E-state index is 0.00198. The molecule has 1 saturated carbocycles. The summed E-state index contributed by atoms with van der Waals surface area (Å²) in [5.41, 5.74) is 3.36. The summed E-state index contributed by atoms with van der Waals surface area (Å²) in [4.78, 5) is 38.9. The molecule has 2 amide bonds. The van der Waals surface area contributed by atoms with E-state index in [-0.39, 0.29) is 23.7 Å². The fourth-order valence-corrected chi connectivity index (χ4v) is 4.72. The Morgan fingerprint density at radius 1 is 1.07 bits per heavy atom. The van der Waals surface area contributed by atoms with E-state index in [1.165, 1.54) is 38.2 Å². The van der Waals surface area contributed by atoms with Gasteiger partial charge in [0.1, 0.15) is 23.3 Å². The number of hydrogen-bond acceptors (Lipinski definition) is 9. The van der Waals surface area contributed by atoms with Crippen LogP contribution in [0.2, 0.25) is 0 Å². The average Bonchev–Trinajstić information content (AvgIpc) is 3.35. The van der Waals surface area contributed by atoms with Crippen molar-refractivity contribution in [3.63, 3.8) is 0 Å². The Hall–Kier alpha value is -4.48. The van der Waals surface area contributed by atoms with Gasteiger partial charge in [-0.15, -0.1) is 0 Å². The van der Waals surface area contributed by atoms with Gasteiger partial charge in [-0.05, 0) is 77.8 Å². The maximum atomic E-state index is 12.8. The van der Waals surface area contributed by atoms with Gasteiger partial charge in [0, 0.05) is 30.4 Å². The van der Waals surface area contributed by atoms with Crippen LogP contribution in [0, 0.1) is 12.3 Å². The number of likely N-dealkylation sites (tertiary alicyclic amines) is 1. The molecule has 236 valence electrons. The van der Waals surface area contributed by atoms with Gasteiger partial charge >= 0.3 is 6.09 Å². The number of aryl methyl sites for hydroxylation is 1. The van der Waals surface area contributed by atoms with E-state index in [4.69, 9.17) is 14.0 Å². The van der Waals surface area contributed by atoms with Gasteiger partial charge in [-0.25, -0.2) is 14.8 Å². The lowest BCUT2D eigenvalue weighted by Gasteiger charge is -2.24. The number of ether oxygens (including phenoxy) is 2. The number of imidazole rings is 1. The predicted octanol–water partition coefficient (Wildman–Crippen LogP) is 6.56. The zero-order chi connectivity index (χ0) is 32.1. The largest absolute Gasteiger partial charge is 0.475 e. The summed E-state index contributed by atoms with van der Waals surface area (Å²) >= 11 is 0. The Labute approximate surface area is 258 Å². The maximum absolute atomic E-state index is 12.8. The molecule has 0 unspecified atom stereocenters. The third-order valence-electron chi connectivity index (χ3n) is 7.12. The van der Waals surface area contributed by atoms with Crippen LogP contribution >= 0.6 is 0 Å². The van der Waals surface area contributed by atoms with Crippen molar-refractivity contribution < 1.29 is 23.6 Å². The van der Waals surface area contributed by atoms with Crippen LogP contribution in [0.25, 0.3) is 17.0 Å². The first-order valence-electron chi connectivity index (χ1n) is 15.1. The second kappa shape index (κ2) is 13.4. The molecule has 12 heteroatoms. The number of benzene rings is 1. The smallest absolute Gasteiger partial charge is 0.410 e. The van der Waals surface area contributed by atoms with Gasteiger partial charge in [0.2, 0.25) is 18.1 Å². The van der Waals surface area contributed by atoms with Crippen LogP contribution in [0.5, 0.6) is 5.88 Å². The lowest BCUT2D eigenvalue weighted by atomic mass is 10.1. The van der Waals surface area contributed by atoms with E-state index < -0.39 is 0 Å². The second-order valence-electron chi connectivity index (χ2n) is 12.2. The van der Waals surface area contributed by atoms with E-state index in [9.17, 15) is 9.59 Å². The van der Waals surface area contributed by atoms with E-state index in [1.54, 1.807) is 16.5 Å². The summed E-state index contributed by atoms with van der Waals surface area (Å²) in [6.45, 7) is 17.3. The van der Waals surface area contributed by atoms with E-state index in [0.717, 1.165) is 24.2 Å². The molecule has 12 nitrogen and oxygen atoms in total. The van der Waals surface area contributed by atoms with Crippen LogP contribution in [0.1, 0.15) is 83.8 Å². The molecule has 2 aliphatic rings. The summed E-state index contributed by atoms with van der Waals surface area (Å²) in [6.07, 6.45) is 7.92. The molecule has 0 bridgehead atoms. The molecule has 3 aromatic heterocycles. The van der Waals surface area contributed by atoms with Crippen LogP contribution in [-0.4, -0.2) is 66.2 Å². The number of fused-ring (bicyclic) bond motifs is 1. The number of anilines is 1. The van der Waals surface area contributed by atoms with Gasteiger partial charge in [-0.1, -0.05) is 31.1 Å². The second-order valence-corrected chi connectivity index (χ2v) is 12.2. The fourth-order valence-electron chi connectivity index (χ4n) is 4.72. The summed E-state index contributed by atoms with van der Waals surface area (Å²) in [6, 6.07) is 7.24. The molecule has 1 N–H and O–H groups in total. The molecule has 6 rings (SSSR count). The molecule has 0 radical (unpaired) electrons. The van der Waals surface area contributed by atoms with Gasteiger partial charge in [0.15, 0.2) is 0 Å². The van der Waals surface area contributed by atoms with E-state index in [2.05, 4.69) is 25.4 Å². The van der Waals surface area contributed by atoms with Crippen molar-refractivity contribution in [2.45, 2.75) is 86.4 Å². The van der Waals surface area contributed by atoms with E-state index in [0.29, 0.717) is 34.1 Å². The Balaban J connectivity index is 0.000000231. The molecule has 0 atom stereocenters. The number of amides is 2. The molecule has 4 aromatic rings. The van der Waals surface area contributed by atoms with Crippen LogP contribution in [0.4, 0.5) is 10.5 Å². The summed E-state index contributed by atoms with van der Waals surface area (Å²) in [7, 11) is 0. The number of carbonyl (C=O) groups is 2. The van der Waals surface area contributed by atoms with Crippen molar-refractivity contribution in [3.05, 3.63) is 54.4 Å². The van der Waals surface area contributed by atoms with Crippen LogP contribution < -0.4 is 10.1 Å². The van der Waals surface area contributed by atoms with Crippen molar-refractivity contribution in [1.29, 1.82) is 0 Å². The molecule has 44 heavy (non-hydrogen) atoms. The first-order valence-corrected chi connectivity index (χ1v) is 15.1. The fraction of sp³-hybridized carbons (Fsp3) is 0.500. The van der Waals surface area contributed by atoms with Gasteiger partial charge in [-0.2, -0.15) is 4.98 Å². The molecule has 1 aromatic carbocycles. The number of hydrogen-bond donors (Lipinski definition) is 1. The molecular formula is C32H43N7O5. The van der Waals surface area contributed by atoms with Crippen molar-refractivity contribution in [2.75, 3.05) is 18.4 Å². The minimum Gasteiger partial charge on any atom is -0.475 e. The van der Waals surface area contributed by atoms with Crippen molar-refractivity contribution in [1.82, 2.24) is 29.4 Å². The molecule has 4 heterocycles. The lowest BCUT2D eigenvalue weighted by molar-refractivity contribution is 0.0285. The third kappa shape index (κ3) is 8.12. The number of carbonyl (C=O) groups excluding carboxylic acids is 2. The Kier molecular flexibility index (Phi) is 9.91. The molecule has 2 fully saturated rings. The highest BCUT2D eigenvalue weighted by atomic mass is 16.6. The van der Waals surface area contributed by atoms with Gasteiger partial charge in [0.25, 0.3) is 5.91 Å². The molecular weight excluding hydrogens is 562 g/mol. The molecule has 1 aliphatic carbocycles. The highest BCUT2D eigenvalue weighted by Gasteiger charge is 2.49. The van der Waals surface area contributed by atoms with Gasteiger partial charge < -0.3 is 24.2 Å². The molecule has 1 saturated heterocycles. The molecule has 1 aliphatic heterocycles. The average molecular weight is 606 g/mol. The monoisotopic (exact) mass is 605 g/mol. The molecule has 1 spiro atoms. The minimum atomic E-state index is -0.365. The number of nitrogens with zero attached hydrogens (tertiary/aromatic N) is 6. The van der Waals surface area contributed by atoms with Crippen molar-refractivity contribution in [3.8, 4) is 17.3 Å². The SMILES string of the molecule is CC.CC(C)(C)OC(=O)N1CCC2(CC2)C1.Cc1ccc(-c2ncon2)cc1NC(=O)c1cnc2cc(OC(C)C)ncn12. The Morgan fingerprint density at radius 3 is 2.43 bits per heavy atom. The highest BCUT2D eigenvalue weighted by molar-refractivity contribution is 6.04. The highest BCUT2D eigenvalue weighted by Crippen LogP contribution is 2.52. The Bertz CT molecular complexity index is 1570. The summed E-state index contributed by atoms with van der Waals surface area (Å²) < 4.78 is 17.3. The van der Waals surface area contributed by atoms with E-state index >= 15 is 0 Å². The maximum Gasteiger partial charge on any atom is 0.410 e.